The molecule has 0 saturated carbocycles. The van der Waals surface area contributed by atoms with E-state index in [1.54, 1.807) is 12.1 Å². The zero-order valence-corrected chi connectivity index (χ0v) is 10.1. The summed E-state index contributed by atoms with van der Waals surface area (Å²) in [5, 5.41) is 11.7. The molecule has 1 unspecified atom stereocenters. The van der Waals surface area contributed by atoms with E-state index in [9.17, 15) is 4.79 Å². The average Bonchev–Trinajstić information content (AvgIpc) is 2.38. The Morgan fingerprint density at radius 2 is 2.18 bits per heavy atom. The topological polar surface area (TPSA) is 59.8 Å². The van der Waals surface area contributed by atoms with Crippen molar-refractivity contribution in [1.29, 1.82) is 0 Å². The van der Waals surface area contributed by atoms with Crippen molar-refractivity contribution in [1.82, 2.24) is 20.3 Å². The first-order valence-electron chi connectivity index (χ1n) is 5.72. The number of aromatic nitrogens is 3. The largest absolute Gasteiger partial charge is 0.317 e. The highest BCUT2D eigenvalue weighted by Gasteiger charge is 2.05. The van der Waals surface area contributed by atoms with Gasteiger partial charge in [0, 0.05) is 12.6 Å². The van der Waals surface area contributed by atoms with Crippen LogP contribution in [0.1, 0.15) is 13.3 Å². The number of benzene rings is 1. The van der Waals surface area contributed by atoms with Crippen LogP contribution in [0.3, 0.4) is 0 Å². The third-order valence-corrected chi connectivity index (χ3v) is 2.90. The number of nitrogens with one attached hydrogen (secondary N) is 1. The predicted octanol–water partition coefficient (Wildman–Crippen LogP) is 0.789. The van der Waals surface area contributed by atoms with Gasteiger partial charge in [0.25, 0.3) is 5.56 Å². The number of hydrogen-bond acceptors (Lipinski definition) is 4. The highest BCUT2D eigenvalue weighted by atomic mass is 16.1. The first-order valence-corrected chi connectivity index (χ1v) is 5.72. The Hall–Kier alpha value is -1.75. The summed E-state index contributed by atoms with van der Waals surface area (Å²) < 4.78 is 1.43. The van der Waals surface area contributed by atoms with E-state index in [0.717, 1.165) is 6.42 Å². The monoisotopic (exact) mass is 232 g/mol. The molecule has 0 fully saturated rings. The smallest absolute Gasteiger partial charge is 0.277 e. The first kappa shape index (κ1) is 11.7. The first-order chi connectivity index (χ1) is 8.22. The molecule has 17 heavy (non-hydrogen) atoms. The molecule has 0 bridgehead atoms. The Labute approximate surface area is 99.5 Å². The maximum atomic E-state index is 12.1. The summed E-state index contributed by atoms with van der Waals surface area (Å²) in [4.78, 5) is 12.1. The number of nitrogens with zero attached hydrogens (tertiary/aromatic N) is 3. The molecule has 1 N–H and O–H groups in total. The van der Waals surface area contributed by atoms with Crippen molar-refractivity contribution in [2.24, 2.45) is 0 Å². The van der Waals surface area contributed by atoms with E-state index in [2.05, 4.69) is 22.6 Å². The van der Waals surface area contributed by atoms with Gasteiger partial charge in [-0.15, -0.1) is 5.10 Å². The standard InChI is InChI=1S/C12H16N4O/c1-9(13-2)7-8-16-12(17)10-5-3-4-6-11(10)14-15-16/h3-6,9,13H,7-8H2,1-2H3. The molecule has 90 valence electrons. The van der Waals surface area contributed by atoms with Crippen molar-refractivity contribution in [3.8, 4) is 0 Å². The van der Waals surface area contributed by atoms with Crippen molar-refractivity contribution in [3.63, 3.8) is 0 Å². The van der Waals surface area contributed by atoms with Crippen LogP contribution in [0.4, 0.5) is 0 Å². The van der Waals surface area contributed by atoms with Crippen molar-refractivity contribution >= 4 is 10.9 Å². The van der Waals surface area contributed by atoms with Crippen LogP contribution in [0.15, 0.2) is 29.1 Å². The zero-order valence-electron chi connectivity index (χ0n) is 10.1. The maximum Gasteiger partial charge on any atom is 0.277 e. The molecule has 2 rings (SSSR count). The summed E-state index contributed by atoms with van der Waals surface area (Å²) in [7, 11) is 1.90. The molecule has 2 aromatic rings. The third-order valence-electron chi connectivity index (χ3n) is 2.90. The van der Waals surface area contributed by atoms with E-state index in [0.29, 0.717) is 23.5 Å². The van der Waals surface area contributed by atoms with Gasteiger partial charge in [-0.25, -0.2) is 4.68 Å². The molecule has 0 aliphatic carbocycles. The molecular weight excluding hydrogens is 216 g/mol. The van der Waals surface area contributed by atoms with Crippen molar-refractivity contribution in [3.05, 3.63) is 34.6 Å². The van der Waals surface area contributed by atoms with Crippen molar-refractivity contribution in [2.75, 3.05) is 7.05 Å². The van der Waals surface area contributed by atoms with E-state index in [4.69, 9.17) is 0 Å². The quantitative estimate of drug-likeness (QED) is 0.846. The minimum atomic E-state index is -0.0705. The van der Waals surface area contributed by atoms with Crippen LogP contribution in [0.2, 0.25) is 0 Å². The Morgan fingerprint density at radius 3 is 2.94 bits per heavy atom. The lowest BCUT2D eigenvalue weighted by atomic mass is 10.2. The Morgan fingerprint density at radius 1 is 1.41 bits per heavy atom. The molecule has 0 aliphatic rings. The van der Waals surface area contributed by atoms with E-state index < -0.39 is 0 Å². The molecule has 0 radical (unpaired) electrons. The SMILES string of the molecule is CNC(C)CCn1nnc2ccccc2c1=O. The van der Waals surface area contributed by atoms with Crippen molar-refractivity contribution < 1.29 is 0 Å². The number of aryl methyl sites for hydroxylation is 1. The molecule has 1 aromatic carbocycles. The molecule has 0 aliphatic heterocycles. The van der Waals surface area contributed by atoms with Gasteiger partial charge in [-0.2, -0.15) is 0 Å². The van der Waals surface area contributed by atoms with Crippen LogP contribution in [0.5, 0.6) is 0 Å². The zero-order chi connectivity index (χ0) is 12.3. The molecule has 0 amide bonds. The van der Waals surface area contributed by atoms with Crippen LogP contribution < -0.4 is 10.9 Å². The normalized spacial score (nSPS) is 12.8. The summed E-state index contributed by atoms with van der Waals surface area (Å²) >= 11 is 0. The third kappa shape index (κ3) is 2.50. The molecular formula is C12H16N4O. The van der Waals surface area contributed by atoms with Gasteiger partial charge in [0.05, 0.1) is 5.39 Å². The molecule has 1 aromatic heterocycles. The van der Waals surface area contributed by atoms with Gasteiger partial charge >= 0.3 is 0 Å². The molecule has 5 nitrogen and oxygen atoms in total. The molecule has 0 spiro atoms. The average molecular weight is 232 g/mol. The van der Waals surface area contributed by atoms with Crippen LogP contribution in [-0.2, 0) is 6.54 Å². The Balaban J connectivity index is 2.30. The van der Waals surface area contributed by atoms with Gasteiger partial charge in [0.1, 0.15) is 5.52 Å². The van der Waals surface area contributed by atoms with E-state index in [-0.39, 0.29) is 5.56 Å². The van der Waals surface area contributed by atoms with E-state index >= 15 is 0 Å². The number of fused-ring (bicyclic) bond motifs is 1. The maximum absolute atomic E-state index is 12.1. The molecule has 1 heterocycles. The van der Waals surface area contributed by atoms with Gasteiger partial charge < -0.3 is 5.32 Å². The summed E-state index contributed by atoms with van der Waals surface area (Å²) in [6, 6.07) is 7.62. The minimum Gasteiger partial charge on any atom is -0.317 e. The summed E-state index contributed by atoms with van der Waals surface area (Å²) in [5.41, 5.74) is 0.578. The van der Waals surface area contributed by atoms with Gasteiger partial charge in [0.15, 0.2) is 0 Å². The van der Waals surface area contributed by atoms with E-state index in [1.165, 1.54) is 4.68 Å². The van der Waals surface area contributed by atoms with Crippen LogP contribution in [0, 0.1) is 0 Å². The minimum absolute atomic E-state index is 0.0705. The Bertz CT molecular complexity index is 564. The second-order valence-corrected chi connectivity index (χ2v) is 4.11. The van der Waals surface area contributed by atoms with Gasteiger partial charge in [0.2, 0.25) is 0 Å². The Kier molecular flexibility index (Phi) is 3.49. The lowest BCUT2D eigenvalue weighted by molar-refractivity contribution is 0.460. The highest BCUT2D eigenvalue weighted by Crippen LogP contribution is 2.03. The molecule has 1 atom stereocenters. The fraction of sp³-hybridized carbons (Fsp3) is 0.417. The summed E-state index contributed by atoms with van der Waals surface area (Å²) in [6.07, 6.45) is 0.851. The van der Waals surface area contributed by atoms with Gasteiger partial charge in [-0.1, -0.05) is 17.3 Å². The summed E-state index contributed by atoms with van der Waals surface area (Å²) in [5.74, 6) is 0. The second-order valence-electron chi connectivity index (χ2n) is 4.11. The highest BCUT2D eigenvalue weighted by molar-refractivity contribution is 5.76. The van der Waals surface area contributed by atoms with Gasteiger partial charge in [-0.3, -0.25) is 4.79 Å². The predicted molar refractivity (Wildman–Crippen MR) is 66.9 cm³/mol. The van der Waals surface area contributed by atoms with E-state index in [1.807, 2.05) is 19.2 Å². The van der Waals surface area contributed by atoms with Crippen LogP contribution >= 0.6 is 0 Å². The summed E-state index contributed by atoms with van der Waals surface area (Å²) in [6.45, 7) is 2.65. The van der Waals surface area contributed by atoms with Crippen LogP contribution in [0.25, 0.3) is 10.9 Å². The lowest BCUT2D eigenvalue weighted by Crippen LogP contribution is -2.29. The van der Waals surface area contributed by atoms with Crippen molar-refractivity contribution in [2.45, 2.75) is 25.9 Å². The number of rotatable bonds is 4. The number of hydrogen-bond donors (Lipinski definition) is 1. The molecule has 5 heteroatoms. The van der Waals surface area contributed by atoms with Crippen LogP contribution in [-0.4, -0.2) is 28.1 Å². The lowest BCUT2D eigenvalue weighted by Gasteiger charge is -2.10. The molecule has 0 saturated heterocycles. The van der Waals surface area contributed by atoms with Gasteiger partial charge in [-0.05, 0) is 32.5 Å². The fourth-order valence-corrected chi connectivity index (χ4v) is 1.63. The fourth-order valence-electron chi connectivity index (χ4n) is 1.63. The second kappa shape index (κ2) is 5.05.